The number of thiophene rings is 1. The lowest BCUT2D eigenvalue weighted by Gasteiger charge is -2.09. The van der Waals surface area contributed by atoms with Gasteiger partial charge >= 0.3 is 5.97 Å². The maximum absolute atomic E-state index is 12.1. The van der Waals surface area contributed by atoms with Crippen molar-refractivity contribution in [1.29, 1.82) is 0 Å². The van der Waals surface area contributed by atoms with Gasteiger partial charge in [0.15, 0.2) is 0 Å². The first-order valence-corrected chi connectivity index (χ1v) is 7.57. The average Bonchev–Trinajstić information content (AvgIpc) is 2.63. The van der Waals surface area contributed by atoms with E-state index in [0.717, 1.165) is 16.9 Å². The Labute approximate surface area is 123 Å². The van der Waals surface area contributed by atoms with E-state index in [1.54, 1.807) is 13.8 Å². The SMILES string of the molecule is CCOC(=O)c1c(NC(=O)CC(C)N)sc(C)c1CC. The normalized spacial score (nSPS) is 12.1. The fourth-order valence-corrected chi connectivity index (χ4v) is 3.13. The van der Waals surface area contributed by atoms with Crippen LogP contribution in [0.5, 0.6) is 0 Å². The van der Waals surface area contributed by atoms with E-state index in [1.165, 1.54) is 11.3 Å². The zero-order valence-electron chi connectivity index (χ0n) is 12.4. The van der Waals surface area contributed by atoms with Crippen molar-refractivity contribution in [3.8, 4) is 0 Å². The summed E-state index contributed by atoms with van der Waals surface area (Å²) in [5, 5.41) is 3.33. The molecule has 0 aromatic carbocycles. The highest BCUT2D eigenvalue weighted by Gasteiger charge is 2.23. The Bertz CT molecular complexity index is 495. The number of rotatable bonds is 6. The molecule has 1 unspecified atom stereocenters. The van der Waals surface area contributed by atoms with E-state index in [9.17, 15) is 9.59 Å². The van der Waals surface area contributed by atoms with Gasteiger partial charge in [-0.3, -0.25) is 4.79 Å². The summed E-state index contributed by atoms with van der Waals surface area (Å²) in [6, 6.07) is -0.215. The zero-order valence-corrected chi connectivity index (χ0v) is 13.2. The molecule has 20 heavy (non-hydrogen) atoms. The minimum atomic E-state index is -0.384. The van der Waals surface area contributed by atoms with Crippen molar-refractivity contribution in [1.82, 2.24) is 0 Å². The van der Waals surface area contributed by atoms with E-state index in [0.29, 0.717) is 17.2 Å². The fourth-order valence-electron chi connectivity index (χ4n) is 1.98. The molecule has 1 atom stereocenters. The van der Waals surface area contributed by atoms with Crippen LogP contribution in [0.15, 0.2) is 0 Å². The van der Waals surface area contributed by atoms with Gasteiger partial charge in [-0.1, -0.05) is 6.92 Å². The highest BCUT2D eigenvalue weighted by Crippen LogP contribution is 2.34. The van der Waals surface area contributed by atoms with Gasteiger partial charge in [0, 0.05) is 17.3 Å². The Kier molecular flexibility index (Phi) is 6.16. The molecule has 0 saturated carbocycles. The second kappa shape index (κ2) is 7.40. The van der Waals surface area contributed by atoms with Gasteiger partial charge in [0.25, 0.3) is 0 Å². The molecule has 6 heteroatoms. The number of nitrogens with two attached hydrogens (primary N) is 1. The second-order valence-corrected chi connectivity index (χ2v) is 5.87. The van der Waals surface area contributed by atoms with Crippen LogP contribution in [0.3, 0.4) is 0 Å². The largest absolute Gasteiger partial charge is 0.462 e. The summed E-state index contributed by atoms with van der Waals surface area (Å²) < 4.78 is 5.08. The fraction of sp³-hybridized carbons (Fsp3) is 0.571. The van der Waals surface area contributed by atoms with E-state index in [-0.39, 0.29) is 24.3 Å². The van der Waals surface area contributed by atoms with E-state index in [4.69, 9.17) is 10.5 Å². The second-order valence-electron chi connectivity index (χ2n) is 4.64. The van der Waals surface area contributed by atoms with Crippen molar-refractivity contribution in [2.45, 2.75) is 46.6 Å². The lowest BCUT2D eigenvalue weighted by atomic mass is 10.1. The average molecular weight is 298 g/mol. The lowest BCUT2D eigenvalue weighted by molar-refractivity contribution is -0.116. The molecule has 5 nitrogen and oxygen atoms in total. The Morgan fingerprint density at radius 1 is 1.40 bits per heavy atom. The number of hydrogen-bond donors (Lipinski definition) is 2. The molecule has 0 radical (unpaired) electrons. The van der Waals surface area contributed by atoms with Crippen LogP contribution in [0, 0.1) is 6.92 Å². The molecule has 112 valence electrons. The number of anilines is 1. The van der Waals surface area contributed by atoms with Gasteiger partial charge in [-0.2, -0.15) is 0 Å². The first kappa shape index (κ1) is 16.7. The van der Waals surface area contributed by atoms with Crippen molar-refractivity contribution in [3.63, 3.8) is 0 Å². The van der Waals surface area contributed by atoms with Crippen molar-refractivity contribution in [2.24, 2.45) is 5.73 Å². The number of amides is 1. The van der Waals surface area contributed by atoms with Crippen molar-refractivity contribution < 1.29 is 14.3 Å². The molecule has 0 bridgehead atoms. The van der Waals surface area contributed by atoms with Crippen molar-refractivity contribution >= 4 is 28.2 Å². The monoisotopic (exact) mass is 298 g/mol. The van der Waals surface area contributed by atoms with E-state index in [1.807, 2.05) is 13.8 Å². The van der Waals surface area contributed by atoms with Crippen LogP contribution in [0.25, 0.3) is 0 Å². The van der Waals surface area contributed by atoms with Crippen LogP contribution >= 0.6 is 11.3 Å². The van der Waals surface area contributed by atoms with Crippen LogP contribution in [-0.4, -0.2) is 24.5 Å². The van der Waals surface area contributed by atoms with Gasteiger partial charge in [0.2, 0.25) is 5.91 Å². The Morgan fingerprint density at radius 2 is 2.05 bits per heavy atom. The van der Waals surface area contributed by atoms with E-state index in [2.05, 4.69) is 5.32 Å². The zero-order chi connectivity index (χ0) is 15.3. The summed E-state index contributed by atoms with van der Waals surface area (Å²) in [6.07, 6.45) is 0.945. The molecule has 1 rings (SSSR count). The first-order chi connectivity index (χ1) is 9.40. The summed E-state index contributed by atoms with van der Waals surface area (Å²) in [7, 11) is 0. The van der Waals surface area contributed by atoms with Gasteiger partial charge in [-0.25, -0.2) is 4.79 Å². The molecular weight excluding hydrogens is 276 g/mol. The molecule has 1 aromatic heterocycles. The highest BCUT2D eigenvalue weighted by molar-refractivity contribution is 7.16. The van der Waals surface area contributed by atoms with E-state index < -0.39 is 0 Å². The number of nitrogens with one attached hydrogen (secondary N) is 1. The van der Waals surface area contributed by atoms with Crippen molar-refractivity contribution in [3.05, 3.63) is 16.0 Å². The lowest BCUT2D eigenvalue weighted by Crippen LogP contribution is -2.24. The molecular formula is C14H22N2O3S. The minimum Gasteiger partial charge on any atom is -0.462 e. The van der Waals surface area contributed by atoms with Crippen LogP contribution in [0.2, 0.25) is 0 Å². The number of esters is 1. The van der Waals surface area contributed by atoms with E-state index >= 15 is 0 Å². The predicted octanol–water partition coefficient (Wildman–Crippen LogP) is 2.47. The van der Waals surface area contributed by atoms with Gasteiger partial charge < -0.3 is 15.8 Å². The Balaban J connectivity index is 3.06. The smallest absolute Gasteiger partial charge is 0.341 e. The third-order valence-electron chi connectivity index (χ3n) is 2.80. The van der Waals surface area contributed by atoms with Gasteiger partial charge in [0.05, 0.1) is 12.2 Å². The number of carbonyl (C=O) groups is 2. The highest BCUT2D eigenvalue weighted by atomic mass is 32.1. The minimum absolute atomic E-state index is 0.186. The standard InChI is InChI=1S/C14H22N2O3S/c1-5-10-9(4)20-13(12(10)14(18)19-6-2)16-11(17)7-8(3)15/h8H,5-7,15H2,1-4H3,(H,16,17). The van der Waals surface area contributed by atoms with Crippen LogP contribution in [0.4, 0.5) is 5.00 Å². The van der Waals surface area contributed by atoms with Crippen molar-refractivity contribution in [2.75, 3.05) is 11.9 Å². The molecule has 0 fully saturated rings. The van der Waals surface area contributed by atoms with Gasteiger partial charge in [0.1, 0.15) is 5.00 Å². The molecule has 0 aliphatic heterocycles. The van der Waals surface area contributed by atoms with Gasteiger partial charge in [-0.05, 0) is 32.8 Å². The van der Waals surface area contributed by atoms with Crippen LogP contribution in [-0.2, 0) is 16.0 Å². The first-order valence-electron chi connectivity index (χ1n) is 6.75. The summed E-state index contributed by atoms with van der Waals surface area (Å²) in [5.74, 6) is -0.570. The molecule has 1 aromatic rings. The predicted molar refractivity (Wildman–Crippen MR) is 81.3 cm³/mol. The summed E-state index contributed by atoms with van der Waals surface area (Å²) >= 11 is 1.40. The number of ether oxygens (including phenoxy) is 1. The quantitative estimate of drug-likeness (QED) is 0.790. The molecule has 1 amide bonds. The third-order valence-corrected chi connectivity index (χ3v) is 3.87. The van der Waals surface area contributed by atoms with Crippen LogP contribution < -0.4 is 11.1 Å². The summed E-state index contributed by atoms with van der Waals surface area (Å²) in [6.45, 7) is 7.75. The molecule has 0 aliphatic carbocycles. The maximum atomic E-state index is 12.1. The summed E-state index contributed by atoms with van der Waals surface area (Å²) in [4.78, 5) is 24.9. The van der Waals surface area contributed by atoms with Crippen LogP contribution in [0.1, 0.15) is 48.0 Å². The molecule has 0 spiro atoms. The molecule has 1 heterocycles. The third kappa shape index (κ3) is 4.05. The Morgan fingerprint density at radius 3 is 2.55 bits per heavy atom. The number of hydrogen-bond acceptors (Lipinski definition) is 5. The van der Waals surface area contributed by atoms with Gasteiger partial charge in [-0.15, -0.1) is 11.3 Å². The maximum Gasteiger partial charge on any atom is 0.341 e. The molecule has 3 N–H and O–H groups in total. The number of carbonyl (C=O) groups excluding carboxylic acids is 2. The molecule has 0 aliphatic rings. The molecule has 0 saturated heterocycles. The Hall–Kier alpha value is -1.40. The number of aryl methyl sites for hydroxylation is 1. The summed E-state index contributed by atoms with van der Waals surface area (Å²) in [5.41, 5.74) is 7.02. The topological polar surface area (TPSA) is 81.4 Å².